The Hall–Kier alpha value is -0.120. The molecule has 0 spiro atoms. The highest BCUT2D eigenvalue weighted by atomic mass is 16.5. The van der Waals surface area contributed by atoms with Crippen LogP contribution in [0.15, 0.2) is 0 Å². The predicted molar refractivity (Wildman–Crippen MR) is 86.8 cm³/mol. The van der Waals surface area contributed by atoms with Crippen LogP contribution in [-0.4, -0.2) is 41.0 Å². The molecule has 0 saturated carbocycles. The third-order valence-corrected chi connectivity index (χ3v) is 3.99. The van der Waals surface area contributed by atoms with Crippen molar-refractivity contribution in [1.29, 1.82) is 0 Å². The van der Waals surface area contributed by atoms with Crippen molar-refractivity contribution < 1.29 is 10.2 Å². The Morgan fingerprint density at radius 1 is 0.750 bits per heavy atom. The van der Waals surface area contributed by atoms with E-state index < -0.39 is 5.79 Å². The Kier molecular flexibility index (Phi) is 12.5. The van der Waals surface area contributed by atoms with Crippen molar-refractivity contribution >= 4 is 0 Å². The first-order valence-corrected chi connectivity index (χ1v) is 8.65. The first-order chi connectivity index (χ1) is 9.52. The van der Waals surface area contributed by atoms with Crippen molar-refractivity contribution in [3.63, 3.8) is 0 Å². The van der Waals surface area contributed by atoms with E-state index in [4.69, 9.17) is 0 Å². The average Bonchev–Trinajstić information content (AvgIpc) is 2.40. The Morgan fingerprint density at radius 3 is 1.65 bits per heavy atom. The predicted octanol–water partition coefficient (Wildman–Crippen LogP) is 3.93. The largest absolute Gasteiger partial charge is 0.365 e. The summed E-state index contributed by atoms with van der Waals surface area (Å²) >= 11 is 0. The minimum absolute atomic E-state index is 0.348. The molecule has 0 unspecified atom stereocenters. The van der Waals surface area contributed by atoms with E-state index in [1.54, 1.807) is 0 Å². The zero-order chi connectivity index (χ0) is 15.3. The molecule has 0 atom stereocenters. The van der Waals surface area contributed by atoms with Crippen molar-refractivity contribution in [1.82, 2.24) is 4.90 Å². The van der Waals surface area contributed by atoms with Gasteiger partial charge in [-0.2, -0.15) is 0 Å². The number of likely N-dealkylation sites (N-methyl/N-ethyl adjacent to an activating group) is 1. The maximum Gasteiger partial charge on any atom is 0.175 e. The quantitative estimate of drug-likeness (QED) is 0.376. The third kappa shape index (κ3) is 12.9. The van der Waals surface area contributed by atoms with Gasteiger partial charge < -0.3 is 15.1 Å². The van der Waals surface area contributed by atoms with E-state index in [1.165, 1.54) is 51.4 Å². The minimum atomic E-state index is -1.51. The van der Waals surface area contributed by atoms with Gasteiger partial charge in [-0.05, 0) is 20.0 Å². The van der Waals surface area contributed by atoms with Gasteiger partial charge in [-0.15, -0.1) is 0 Å². The lowest BCUT2D eigenvalue weighted by atomic mass is 10.0. The lowest BCUT2D eigenvalue weighted by molar-refractivity contribution is -0.176. The molecule has 0 saturated heterocycles. The summed E-state index contributed by atoms with van der Waals surface area (Å²) in [6.07, 6.45) is 13.2. The molecule has 2 N–H and O–H groups in total. The van der Waals surface area contributed by atoms with Crippen LogP contribution >= 0.6 is 0 Å². The van der Waals surface area contributed by atoms with Crippen LogP contribution in [0.4, 0.5) is 0 Å². The van der Waals surface area contributed by atoms with Crippen LogP contribution in [0, 0.1) is 0 Å². The Morgan fingerprint density at radius 2 is 1.20 bits per heavy atom. The van der Waals surface area contributed by atoms with Gasteiger partial charge in [-0.3, -0.25) is 0 Å². The molecule has 0 fully saturated rings. The normalized spacial score (nSPS) is 12.3. The molecule has 0 aliphatic heterocycles. The fourth-order valence-corrected chi connectivity index (χ4v) is 2.52. The highest BCUT2D eigenvalue weighted by molar-refractivity contribution is 4.68. The molecular formula is C17H37NO2. The van der Waals surface area contributed by atoms with E-state index in [-0.39, 0.29) is 0 Å². The standard InChI is InChI=1S/C17H37NO2/c1-4-6-7-8-9-10-11-12-13-14-15-17(19,20)16-18(3)5-2/h19-20H,4-16H2,1-3H3. The van der Waals surface area contributed by atoms with Crippen LogP contribution in [0.1, 0.15) is 84.5 Å². The first-order valence-electron chi connectivity index (χ1n) is 8.65. The number of hydrogen-bond acceptors (Lipinski definition) is 3. The van der Waals surface area contributed by atoms with Gasteiger partial charge in [0.1, 0.15) is 0 Å². The molecule has 0 amide bonds. The van der Waals surface area contributed by atoms with Gasteiger partial charge in [-0.25, -0.2) is 0 Å². The zero-order valence-corrected chi connectivity index (χ0v) is 14.0. The van der Waals surface area contributed by atoms with Crippen LogP contribution < -0.4 is 0 Å². The zero-order valence-electron chi connectivity index (χ0n) is 14.0. The summed E-state index contributed by atoms with van der Waals surface area (Å²) in [7, 11) is 1.92. The van der Waals surface area contributed by atoms with E-state index in [0.717, 1.165) is 19.4 Å². The Balaban J connectivity index is 3.34. The van der Waals surface area contributed by atoms with Gasteiger partial charge in [0.05, 0.1) is 6.54 Å². The van der Waals surface area contributed by atoms with Crippen molar-refractivity contribution in [2.45, 2.75) is 90.3 Å². The summed E-state index contributed by atoms with van der Waals surface area (Å²) in [4.78, 5) is 1.94. The van der Waals surface area contributed by atoms with Crippen molar-refractivity contribution in [2.75, 3.05) is 20.1 Å². The van der Waals surface area contributed by atoms with Gasteiger partial charge in [0.2, 0.25) is 0 Å². The smallest absolute Gasteiger partial charge is 0.175 e. The molecule has 122 valence electrons. The summed E-state index contributed by atoms with van der Waals surface area (Å²) in [5.74, 6) is -1.51. The number of rotatable bonds is 14. The summed E-state index contributed by atoms with van der Waals surface area (Å²) in [6, 6.07) is 0. The van der Waals surface area contributed by atoms with Gasteiger partial charge >= 0.3 is 0 Å². The van der Waals surface area contributed by atoms with Gasteiger partial charge in [-0.1, -0.05) is 71.6 Å². The van der Waals surface area contributed by atoms with Crippen LogP contribution in [0.25, 0.3) is 0 Å². The van der Waals surface area contributed by atoms with Crippen LogP contribution in [-0.2, 0) is 0 Å². The molecule has 3 nitrogen and oxygen atoms in total. The van der Waals surface area contributed by atoms with Gasteiger partial charge in [0.15, 0.2) is 5.79 Å². The number of aliphatic hydroxyl groups is 2. The van der Waals surface area contributed by atoms with Crippen LogP contribution in [0.3, 0.4) is 0 Å². The highest BCUT2D eigenvalue weighted by Gasteiger charge is 2.23. The van der Waals surface area contributed by atoms with Crippen LogP contribution in [0.2, 0.25) is 0 Å². The van der Waals surface area contributed by atoms with Crippen molar-refractivity contribution in [2.24, 2.45) is 0 Å². The molecule has 0 aliphatic carbocycles. The number of nitrogens with zero attached hydrogens (tertiary/aromatic N) is 1. The van der Waals surface area contributed by atoms with E-state index >= 15 is 0 Å². The van der Waals surface area contributed by atoms with Crippen molar-refractivity contribution in [3.8, 4) is 0 Å². The van der Waals surface area contributed by atoms with E-state index in [0.29, 0.717) is 13.0 Å². The molecule has 0 rings (SSSR count). The SMILES string of the molecule is CCCCCCCCCCCCC(O)(O)CN(C)CC. The summed E-state index contributed by atoms with van der Waals surface area (Å²) in [6.45, 7) is 5.47. The second-order valence-corrected chi connectivity index (χ2v) is 6.24. The molecule has 0 aliphatic rings. The average molecular weight is 287 g/mol. The topological polar surface area (TPSA) is 43.7 Å². The molecule has 3 heteroatoms. The lowest BCUT2D eigenvalue weighted by Gasteiger charge is -2.26. The third-order valence-electron chi connectivity index (χ3n) is 3.99. The van der Waals surface area contributed by atoms with Gasteiger partial charge in [0.25, 0.3) is 0 Å². The molecule has 20 heavy (non-hydrogen) atoms. The van der Waals surface area contributed by atoms with Crippen molar-refractivity contribution in [3.05, 3.63) is 0 Å². The molecule has 0 bridgehead atoms. The number of hydrogen-bond donors (Lipinski definition) is 2. The second-order valence-electron chi connectivity index (χ2n) is 6.24. The lowest BCUT2D eigenvalue weighted by Crippen LogP contribution is -2.41. The van der Waals surface area contributed by atoms with E-state index in [9.17, 15) is 10.2 Å². The maximum absolute atomic E-state index is 9.85. The molecule has 0 aromatic rings. The second kappa shape index (κ2) is 12.6. The fraction of sp³-hybridized carbons (Fsp3) is 1.00. The summed E-state index contributed by atoms with van der Waals surface area (Å²) in [5.41, 5.74) is 0. The van der Waals surface area contributed by atoms with E-state index in [2.05, 4.69) is 6.92 Å². The molecule has 0 radical (unpaired) electrons. The summed E-state index contributed by atoms with van der Waals surface area (Å²) in [5, 5.41) is 19.7. The molecular weight excluding hydrogens is 250 g/mol. The molecule has 0 aromatic carbocycles. The first kappa shape index (κ1) is 19.9. The van der Waals surface area contributed by atoms with E-state index in [1.807, 2.05) is 18.9 Å². The maximum atomic E-state index is 9.85. The summed E-state index contributed by atoms with van der Waals surface area (Å²) < 4.78 is 0. The van der Waals surface area contributed by atoms with Crippen LogP contribution in [0.5, 0.6) is 0 Å². The van der Waals surface area contributed by atoms with Gasteiger partial charge in [0, 0.05) is 6.42 Å². The number of unbranched alkanes of at least 4 members (excludes halogenated alkanes) is 9. The Labute approximate surface area is 126 Å². The minimum Gasteiger partial charge on any atom is -0.365 e. The Bertz CT molecular complexity index is 207. The fourth-order valence-electron chi connectivity index (χ4n) is 2.52. The molecule has 0 aromatic heterocycles. The monoisotopic (exact) mass is 287 g/mol. The highest BCUT2D eigenvalue weighted by Crippen LogP contribution is 2.15. The molecule has 0 heterocycles.